The Balaban J connectivity index is 2.41. The average molecular weight is 219 g/mol. The molecule has 5 nitrogen and oxygen atoms in total. The van der Waals surface area contributed by atoms with Crippen molar-refractivity contribution >= 4 is 17.0 Å². The first-order valence-electron chi connectivity index (χ1n) is 4.97. The summed E-state index contributed by atoms with van der Waals surface area (Å²) >= 11 is 0. The molecular formula is C11H13N3O2. The minimum absolute atomic E-state index is 0.295. The fourth-order valence-electron chi connectivity index (χ4n) is 1.71. The smallest absolute Gasteiger partial charge is 0.320 e. The van der Waals surface area contributed by atoms with E-state index in [0.717, 1.165) is 16.6 Å². The Bertz CT molecular complexity index is 533. The molecule has 0 fully saturated rings. The van der Waals surface area contributed by atoms with Crippen molar-refractivity contribution in [1.29, 1.82) is 0 Å². The highest BCUT2D eigenvalue weighted by Gasteiger charge is 2.14. The number of para-hydroxylation sites is 1. The van der Waals surface area contributed by atoms with Crippen molar-refractivity contribution in [3.8, 4) is 0 Å². The molecule has 5 heteroatoms. The van der Waals surface area contributed by atoms with Gasteiger partial charge < -0.3 is 15.4 Å². The molecule has 0 aliphatic rings. The second kappa shape index (κ2) is 3.94. The lowest BCUT2D eigenvalue weighted by Crippen LogP contribution is -2.32. The second-order valence-corrected chi connectivity index (χ2v) is 3.79. The van der Waals surface area contributed by atoms with Crippen molar-refractivity contribution in [2.75, 3.05) is 0 Å². The van der Waals surface area contributed by atoms with Crippen LogP contribution in [0.2, 0.25) is 0 Å². The van der Waals surface area contributed by atoms with Crippen LogP contribution in [-0.2, 0) is 18.3 Å². The summed E-state index contributed by atoms with van der Waals surface area (Å²) in [7, 11) is 1.90. The molecule has 0 bridgehead atoms. The van der Waals surface area contributed by atoms with E-state index in [2.05, 4.69) is 4.98 Å². The van der Waals surface area contributed by atoms with Gasteiger partial charge in [-0.15, -0.1) is 0 Å². The summed E-state index contributed by atoms with van der Waals surface area (Å²) in [6.07, 6.45) is 2.00. The van der Waals surface area contributed by atoms with Gasteiger partial charge in [0, 0.05) is 13.5 Å². The van der Waals surface area contributed by atoms with Gasteiger partial charge in [-0.1, -0.05) is 12.1 Å². The second-order valence-electron chi connectivity index (χ2n) is 3.79. The summed E-state index contributed by atoms with van der Waals surface area (Å²) in [6.45, 7) is 0. The maximum Gasteiger partial charge on any atom is 0.320 e. The lowest BCUT2D eigenvalue weighted by atomic mass is 10.1. The van der Waals surface area contributed by atoms with Crippen LogP contribution in [0.3, 0.4) is 0 Å². The highest BCUT2D eigenvalue weighted by atomic mass is 16.4. The number of hydrogen-bond donors (Lipinski definition) is 2. The molecule has 84 valence electrons. The van der Waals surface area contributed by atoms with Crippen LogP contribution < -0.4 is 5.73 Å². The minimum atomic E-state index is -0.993. The Hall–Kier alpha value is -1.88. The molecule has 0 spiro atoms. The summed E-state index contributed by atoms with van der Waals surface area (Å²) < 4.78 is 1.89. The number of rotatable bonds is 3. The molecule has 3 N–H and O–H groups in total. The fraction of sp³-hybridized carbons (Fsp3) is 0.273. The summed E-state index contributed by atoms with van der Waals surface area (Å²) in [6, 6.07) is 4.80. The monoisotopic (exact) mass is 219 g/mol. The largest absolute Gasteiger partial charge is 0.480 e. The number of carboxylic acid groups (broad SMARTS) is 1. The number of nitrogens with two attached hydrogens (primary N) is 1. The van der Waals surface area contributed by atoms with Crippen molar-refractivity contribution in [3.05, 3.63) is 30.1 Å². The fourth-order valence-corrected chi connectivity index (χ4v) is 1.71. The van der Waals surface area contributed by atoms with E-state index in [1.807, 2.05) is 29.8 Å². The highest BCUT2D eigenvalue weighted by molar-refractivity contribution is 5.80. The van der Waals surface area contributed by atoms with Crippen LogP contribution in [0.5, 0.6) is 0 Å². The van der Waals surface area contributed by atoms with E-state index in [-0.39, 0.29) is 0 Å². The van der Waals surface area contributed by atoms with Crippen LogP contribution >= 0.6 is 0 Å². The number of aryl methyl sites for hydroxylation is 1. The summed E-state index contributed by atoms with van der Waals surface area (Å²) in [4.78, 5) is 14.9. The first kappa shape index (κ1) is 10.6. The molecule has 1 heterocycles. The number of aromatic nitrogens is 2. The van der Waals surface area contributed by atoms with Crippen LogP contribution in [0, 0.1) is 0 Å². The Kier molecular flexibility index (Phi) is 2.62. The van der Waals surface area contributed by atoms with Gasteiger partial charge in [0.15, 0.2) is 0 Å². The van der Waals surface area contributed by atoms with Crippen molar-refractivity contribution < 1.29 is 9.90 Å². The topological polar surface area (TPSA) is 81.1 Å². The third-order valence-electron chi connectivity index (χ3n) is 2.60. The van der Waals surface area contributed by atoms with Gasteiger partial charge in [-0.3, -0.25) is 4.79 Å². The van der Waals surface area contributed by atoms with Crippen LogP contribution in [0.4, 0.5) is 0 Å². The number of carboxylic acids is 1. The van der Waals surface area contributed by atoms with Crippen LogP contribution in [0.15, 0.2) is 24.5 Å². The summed E-state index contributed by atoms with van der Waals surface area (Å²) in [5.74, 6) is -0.993. The van der Waals surface area contributed by atoms with Crippen molar-refractivity contribution in [3.63, 3.8) is 0 Å². The third-order valence-corrected chi connectivity index (χ3v) is 2.60. The van der Waals surface area contributed by atoms with E-state index in [1.165, 1.54) is 0 Å². The Morgan fingerprint density at radius 2 is 2.38 bits per heavy atom. The zero-order valence-corrected chi connectivity index (χ0v) is 8.92. The van der Waals surface area contributed by atoms with E-state index >= 15 is 0 Å². The molecule has 1 unspecified atom stereocenters. The lowest BCUT2D eigenvalue weighted by molar-refractivity contribution is -0.138. The van der Waals surface area contributed by atoms with E-state index < -0.39 is 12.0 Å². The zero-order valence-electron chi connectivity index (χ0n) is 8.92. The number of nitrogens with zero attached hydrogens (tertiary/aromatic N) is 2. The molecular weight excluding hydrogens is 206 g/mol. The molecule has 2 rings (SSSR count). The summed E-state index contributed by atoms with van der Waals surface area (Å²) in [5.41, 5.74) is 8.18. The van der Waals surface area contributed by atoms with Gasteiger partial charge in [0.25, 0.3) is 0 Å². The predicted octanol–water partition coefficient (Wildman–Crippen LogP) is 0.528. The van der Waals surface area contributed by atoms with E-state index in [9.17, 15) is 4.79 Å². The number of fused-ring (bicyclic) bond motifs is 1. The van der Waals surface area contributed by atoms with Gasteiger partial charge in [0.05, 0.1) is 17.4 Å². The molecule has 0 amide bonds. The van der Waals surface area contributed by atoms with Gasteiger partial charge in [0.2, 0.25) is 0 Å². The number of imidazole rings is 1. The van der Waals surface area contributed by atoms with Crippen LogP contribution in [-0.4, -0.2) is 26.7 Å². The van der Waals surface area contributed by atoms with Crippen molar-refractivity contribution in [2.45, 2.75) is 12.5 Å². The highest BCUT2D eigenvalue weighted by Crippen LogP contribution is 2.17. The molecule has 2 aromatic rings. The standard InChI is InChI=1S/C11H13N3O2/c1-14-6-13-10-7(3-2-4-9(10)14)5-8(12)11(15)16/h2-4,6,8H,5,12H2,1H3,(H,15,16). The van der Waals surface area contributed by atoms with Gasteiger partial charge >= 0.3 is 5.97 Å². The van der Waals surface area contributed by atoms with Gasteiger partial charge in [-0.2, -0.15) is 0 Å². The molecule has 0 aliphatic carbocycles. The molecule has 0 saturated heterocycles. The Morgan fingerprint density at radius 1 is 1.62 bits per heavy atom. The lowest BCUT2D eigenvalue weighted by Gasteiger charge is -2.07. The minimum Gasteiger partial charge on any atom is -0.480 e. The van der Waals surface area contributed by atoms with Crippen LogP contribution in [0.25, 0.3) is 11.0 Å². The maximum absolute atomic E-state index is 10.7. The number of benzene rings is 1. The molecule has 1 aromatic carbocycles. The molecule has 0 aliphatic heterocycles. The molecule has 1 aromatic heterocycles. The number of aliphatic carboxylic acids is 1. The number of carbonyl (C=O) groups is 1. The van der Waals surface area contributed by atoms with Gasteiger partial charge in [-0.05, 0) is 11.6 Å². The van der Waals surface area contributed by atoms with Gasteiger partial charge in [0.1, 0.15) is 6.04 Å². The molecule has 1 atom stereocenters. The Morgan fingerprint density at radius 3 is 3.06 bits per heavy atom. The molecule has 0 saturated carbocycles. The normalized spacial score (nSPS) is 12.9. The van der Waals surface area contributed by atoms with Crippen LogP contribution in [0.1, 0.15) is 5.56 Å². The van der Waals surface area contributed by atoms with E-state index in [4.69, 9.17) is 10.8 Å². The third kappa shape index (κ3) is 1.77. The zero-order chi connectivity index (χ0) is 11.7. The first-order valence-corrected chi connectivity index (χ1v) is 4.97. The van der Waals surface area contributed by atoms with Crippen molar-refractivity contribution in [1.82, 2.24) is 9.55 Å². The Labute approximate surface area is 92.5 Å². The predicted molar refractivity (Wildman–Crippen MR) is 60.0 cm³/mol. The van der Waals surface area contributed by atoms with Gasteiger partial charge in [-0.25, -0.2) is 4.98 Å². The summed E-state index contributed by atoms with van der Waals surface area (Å²) in [5, 5.41) is 8.77. The van der Waals surface area contributed by atoms with E-state index in [1.54, 1.807) is 6.33 Å². The average Bonchev–Trinajstić information content (AvgIpc) is 2.62. The quantitative estimate of drug-likeness (QED) is 0.788. The van der Waals surface area contributed by atoms with Crippen molar-refractivity contribution in [2.24, 2.45) is 12.8 Å². The first-order chi connectivity index (χ1) is 7.59. The number of hydrogen-bond acceptors (Lipinski definition) is 3. The SMILES string of the molecule is Cn1cnc2c(CC(N)C(=O)O)cccc21. The molecule has 16 heavy (non-hydrogen) atoms. The van der Waals surface area contributed by atoms with E-state index in [0.29, 0.717) is 6.42 Å². The molecule has 0 radical (unpaired) electrons. The maximum atomic E-state index is 10.7.